The Morgan fingerprint density at radius 2 is 1.97 bits per heavy atom. The SMILES string of the molecule is Nc1nccc(-c2ccc3nc(C4COc5ccc(OC(F)(F)F)cc5C4)[nH]c3c2)n1. The van der Waals surface area contributed by atoms with Crippen molar-refractivity contribution >= 4 is 17.0 Å². The Kier molecular flexibility index (Phi) is 4.42. The van der Waals surface area contributed by atoms with Gasteiger partial charge in [-0.05, 0) is 48.4 Å². The van der Waals surface area contributed by atoms with Gasteiger partial charge >= 0.3 is 6.36 Å². The summed E-state index contributed by atoms with van der Waals surface area (Å²) >= 11 is 0. The highest BCUT2D eigenvalue weighted by molar-refractivity contribution is 5.81. The minimum Gasteiger partial charge on any atom is -0.493 e. The molecule has 1 unspecified atom stereocenters. The number of H-pyrrole nitrogens is 1. The lowest BCUT2D eigenvalue weighted by atomic mass is 9.96. The van der Waals surface area contributed by atoms with Crippen LogP contribution in [0.4, 0.5) is 19.1 Å². The maximum Gasteiger partial charge on any atom is 0.573 e. The van der Waals surface area contributed by atoms with Crippen LogP contribution in [-0.4, -0.2) is 32.9 Å². The van der Waals surface area contributed by atoms with E-state index in [1.165, 1.54) is 18.2 Å². The van der Waals surface area contributed by atoms with E-state index in [-0.39, 0.29) is 17.6 Å². The molecule has 2 aromatic heterocycles. The zero-order chi connectivity index (χ0) is 21.6. The zero-order valence-corrected chi connectivity index (χ0v) is 16.0. The first-order valence-electron chi connectivity index (χ1n) is 9.44. The summed E-state index contributed by atoms with van der Waals surface area (Å²) in [6, 6.07) is 11.5. The van der Waals surface area contributed by atoms with Gasteiger partial charge in [-0.25, -0.2) is 15.0 Å². The Morgan fingerprint density at radius 3 is 2.77 bits per heavy atom. The van der Waals surface area contributed by atoms with Crippen LogP contribution in [0.2, 0.25) is 0 Å². The number of rotatable bonds is 3. The van der Waals surface area contributed by atoms with E-state index >= 15 is 0 Å². The summed E-state index contributed by atoms with van der Waals surface area (Å²) in [6.45, 7) is 0.363. The first-order chi connectivity index (χ1) is 14.8. The molecular formula is C21H16F3N5O2. The Bertz CT molecular complexity index is 1270. The minimum atomic E-state index is -4.74. The van der Waals surface area contributed by atoms with Gasteiger partial charge in [0.2, 0.25) is 5.95 Å². The second-order valence-electron chi connectivity index (χ2n) is 7.18. The van der Waals surface area contributed by atoms with Crippen LogP contribution in [0, 0.1) is 0 Å². The molecule has 0 saturated carbocycles. The monoisotopic (exact) mass is 427 g/mol. The summed E-state index contributed by atoms with van der Waals surface area (Å²) in [4.78, 5) is 16.1. The summed E-state index contributed by atoms with van der Waals surface area (Å²) in [7, 11) is 0. The van der Waals surface area contributed by atoms with Gasteiger partial charge in [-0.2, -0.15) is 0 Å². The zero-order valence-electron chi connectivity index (χ0n) is 16.0. The van der Waals surface area contributed by atoms with Crippen molar-refractivity contribution in [1.29, 1.82) is 0 Å². The standard InChI is InChI=1S/C21H16F3N5O2/c22-21(23,24)31-14-2-4-18-12(8-14)7-13(10-30-18)19-27-16-3-1-11(9-17(16)28-19)15-5-6-26-20(25)29-15/h1-6,8-9,13H,7,10H2,(H,27,28)(H2,25,26,29). The molecule has 2 aromatic carbocycles. The number of anilines is 1. The van der Waals surface area contributed by atoms with E-state index in [2.05, 4.69) is 24.7 Å². The lowest BCUT2D eigenvalue weighted by Gasteiger charge is -2.24. The van der Waals surface area contributed by atoms with Crippen molar-refractivity contribution in [3.05, 3.63) is 60.0 Å². The number of alkyl halides is 3. The highest BCUT2D eigenvalue weighted by Crippen LogP contribution is 2.36. The van der Waals surface area contributed by atoms with Crippen molar-refractivity contribution in [3.8, 4) is 22.8 Å². The third-order valence-electron chi connectivity index (χ3n) is 5.03. The fraction of sp³-hybridized carbons (Fsp3) is 0.190. The normalized spacial score (nSPS) is 16.0. The molecule has 1 aliphatic heterocycles. The smallest absolute Gasteiger partial charge is 0.493 e. The van der Waals surface area contributed by atoms with Crippen molar-refractivity contribution in [2.24, 2.45) is 0 Å². The predicted octanol–water partition coefficient (Wildman–Crippen LogP) is 4.22. The van der Waals surface area contributed by atoms with E-state index in [1.807, 2.05) is 18.2 Å². The van der Waals surface area contributed by atoms with Crippen molar-refractivity contribution in [2.75, 3.05) is 12.3 Å². The molecule has 0 saturated heterocycles. The van der Waals surface area contributed by atoms with Crippen molar-refractivity contribution in [2.45, 2.75) is 18.7 Å². The first kappa shape index (κ1) is 19.2. The van der Waals surface area contributed by atoms with Crippen LogP contribution in [-0.2, 0) is 6.42 Å². The average molecular weight is 427 g/mol. The summed E-state index contributed by atoms with van der Waals surface area (Å²) in [5.74, 6) is 1.02. The van der Waals surface area contributed by atoms with E-state index in [0.29, 0.717) is 35.9 Å². The van der Waals surface area contributed by atoms with Gasteiger partial charge in [-0.1, -0.05) is 6.07 Å². The van der Waals surface area contributed by atoms with Gasteiger partial charge in [0.25, 0.3) is 0 Å². The molecule has 7 nitrogen and oxygen atoms in total. The number of nitrogens with zero attached hydrogens (tertiary/aromatic N) is 3. The fourth-order valence-corrected chi connectivity index (χ4v) is 3.66. The van der Waals surface area contributed by atoms with Crippen LogP contribution in [0.3, 0.4) is 0 Å². The molecule has 10 heteroatoms. The van der Waals surface area contributed by atoms with Gasteiger partial charge in [0, 0.05) is 11.8 Å². The molecule has 1 aliphatic rings. The average Bonchev–Trinajstić information content (AvgIpc) is 3.15. The number of nitrogens with two attached hydrogens (primary N) is 1. The van der Waals surface area contributed by atoms with Gasteiger partial charge < -0.3 is 20.2 Å². The van der Waals surface area contributed by atoms with Crippen LogP contribution < -0.4 is 15.2 Å². The molecule has 5 rings (SSSR count). The van der Waals surface area contributed by atoms with Gasteiger partial charge in [0.15, 0.2) is 0 Å². The minimum absolute atomic E-state index is 0.140. The molecule has 0 spiro atoms. The quantitative estimate of drug-likeness (QED) is 0.508. The van der Waals surface area contributed by atoms with E-state index in [1.54, 1.807) is 12.3 Å². The molecule has 1 atom stereocenters. The van der Waals surface area contributed by atoms with Gasteiger partial charge in [-0.3, -0.25) is 0 Å². The summed E-state index contributed by atoms with van der Waals surface area (Å²) in [5.41, 5.74) is 9.42. The number of nitrogens with one attached hydrogen (secondary N) is 1. The van der Waals surface area contributed by atoms with Crippen LogP contribution in [0.15, 0.2) is 48.7 Å². The number of benzene rings is 2. The molecule has 0 bridgehead atoms. The molecular weight excluding hydrogens is 411 g/mol. The topological polar surface area (TPSA) is 98.9 Å². The van der Waals surface area contributed by atoms with Gasteiger partial charge in [0.1, 0.15) is 17.3 Å². The largest absolute Gasteiger partial charge is 0.573 e. The molecule has 31 heavy (non-hydrogen) atoms. The number of aromatic amines is 1. The van der Waals surface area contributed by atoms with Crippen LogP contribution in [0.5, 0.6) is 11.5 Å². The number of aromatic nitrogens is 4. The maximum atomic E-state index is 12.5. The van der Waals surface area contributed by atoms with E-state index < -0.39 is 6.36 Å². The number of imidazole rings is 1. The maximum absolute atomic E-state index is 12.5. The fourth-order valence-electron chi connectivity index (χ4n) is 3.66. The second kappa shape index (κ2) is 7.15. The van der Waals surface area contributed by atoms with Crippen LogP contribution >= 0.6 is 0 Å². The molecule has 4 aromatic rings. The van der Waals surface area contributed by atoms with Gasteiger partial charge in [-0.15, -0.1) is 13.2 Å². The third-order valence-corrected chi connectivity index (χ3v) is 5.03. The lowest BCUT2D eigenvalue weighted by Crippen LogP contribution is -2.21. The number of hydrogen-bond donors (Lipinski definition) is 2. The summed E-state index contributed by atoms with van der Waals surface area (Å²) < 4.78 is 47.4. The predicted molar refractivity (Wildman–Crippen MR) is 107 cm³/mol. The summed E-state index contributed by atoms with van der Waals surface area (Å²) in [5, 5.41) is 0. The van der Waals surface area contributed by atoms with Gasteiger partial charge in [0.05, 0.1) is 29.3 Å². The Labute approximate surface area is 174 Å². The van der Waals surface area contributed by atoms with Crippen molar-refractivity contribution in [3.63, 3.8) is 0 Å². The molecule has 3 heterocycles. The highest BCUT2D eigenvalue weighted by atomic mass is 19.4. The molecule has 0 amide bonds. The number of fused-ring (bicyclic) bond motifs is 2. The first-order valence-corrected chi connectivity index (χ1v) is 9.44. The van der Waals surface area contributed by atoms with Crippen LogP contribution in [0.1, 0.15) is 17.3 Å². The molecule has 0 fully saturated rings. The van der Waals surface area contributed by atoms with Crippen molar-refractivity contribution in [1.82, 2.24) is 19.9 Å². The van der Waals surface area contributed by atoms with Crippen LogP contribution in [0.25, 0.3) is 22.3 Å². The third kappa shape index (κ3) is 3.96. The lowest BCUT2D eigenvalue weighted by molar-refractivity contribution is -0.274. The molecule has 0 radical (unpaired) electrons. The number of halogens is 3. The highest BCUT2D eigenvalue weighted by Gasteiger charge is 2.32. The molecule has 3 N–H and O–H groups in total. The van der Waals surface area contributed by atoms with E-state index in [0.717, 1.165) is 16.6 Å². The number of ether oxygens (including phenoxy) is 2. The number of nitrogen functional groups attached to an aromatic ring is 1. The molecule has 158 valence electrons. The van der Waals surface area contributed by atoms with Crippen molar-refractivity contribution < 1.29 is 22.6 Å². The number of hydrogen-bond acceptors (Lipinski definition) is 6. The summed E-state index contributed by atoms with van der Waals surface area (Å²) in [6.07, 6.45) is -2.68. The Morgan fingerprint density at radius 1 is 1.10 bits per heavy atom. The Balaban J connectivity index is 1.42. The second-order valence-corrected chi connectivity index (χ2v) is 7.18. The molecule has 0 aliphatic carbocycles. The van der Waals surface area contributed by atoms with E-state index in [9.17, 15) is 13.2 Å². The Hall–Kier alpha value is -3.82. The van der Waals surface area contributed by atoms with E-state index in [4.69, 9.17) is 10.5 Å².